The fraction of sp³-hybridized carbons (Fsp3) is 0.667. The first kappa shape index (κ1) is 23.2. The number of nitrogens with one attached hydrogen (secondary N) is 2. The van der Waals surface area contributed by atoms with Crippen LogP contribution in [0.4, 0.5) is 5.69 Å². The number of carbonyl (C=O) groups is 2. The molecular weight excluding hydrogens is 364 g/mol. The first-order valence-electron chi connectivity index (χ1n) is 11.2. The molecule has 0 aromatic heterocycles. The molecule has 5 nitrogen and oxygen atoms in total. The molecule has 1 aliphatic rings. The van der Waals surface area contributed by atoms with Crippen molar-refractivity contribution in [3.8, 4) is 5.75 Å². The van der Waals surface area contributed by atoms with Gasteiger partial charge in [-0.2, -0.15) is 0 Å². The maximum atomic E-state index is 12.3. The van der Waals surface area contributed by atoms with Crippen molar-refractivity contribution in [2.75, 3.05) is 11.9 Å². The quantitative estimate of drug-likeness (QED) is 0.435. The molecule has 29 heavy (non-hydrogen) atoms. The molecule has 1 aliphatic carbocycles. The van der Waals surface area contributed by atoms with E-state index in [0.29, 0.717) is 23.6 Å². The summed E-state index contributed by atoms with van der Waals surface area (Å²) in [7, 11) is 0. The van der Waals surface area contributed by atoms with Crippen LogP contribution in [0.3, 0.4) is 0 Å². The van der Waals surface area contributed by atoms with E-state index in [2.05, 4.69) is 38.3 Å². The molecule has 1 aromatic carbocycles. The summed E-state index contributed by atoms with van der Waals surface area (Å²) in [6.07, 6.45) is 8.61. The van der Waals surface area contributed by atoms with Crippen molar-refractivity contribution in [2.24, 2.45) is 11.3 Å². The minimum absolute atomic E-state index is 0.0936. The van der Waals surface area contributed by atoms with E-state index in [1.54, 1.807) is 12.1 Å². The number of carbonyl (C=O) groups excluding carboxylic acids is 2. The molecule has 2 N–H and O–H groups in total. The van der Waals surface area contributed by atoms with E-state index >= 15 is 0 Å². The lowest BCUT2D eigenvalue weighted by Crippen LogP contribution is -2.44. The molecular formula is C24H38N2O3. The average molecular weight is 403 g/mol. The fourth-order valence-corrected chi connectivity index (χ4v) is 3.92. The van der Waals surface area contributed by atoms with Gasteiger partial charge in [-0.25, -0.2) is 0 Å². The number of benzene rings is 1. The predicted octanol–water partition coefficient (Wildman–Crippen LogP) is 5.31. The van der Waals surface area contributed by atoms with Crippen molar-refractivity contribution in [3.05, 3.63) is 24.3 Å². The number of hydrogen-bond donors (Lipinski definition) is 2. The van der Waals surface area contributed by atoms with E-state index in [9.17, 15) is 9.59 Å². The highest BCUT2D eigenvalue weighted by Crippen LogP contribution is 2.40. The van der Waals surface area contributed by atoms with Crippen LogP contribution in [0.5, 0.6) is 5.75 Å². The Hall–Kier alpha value is -2.04. The van der Waals surface area contributed by atoms with E-state index in [-0.39, 0.29) is 6.04 Å². The second-order valence-electron chi connectivity index (χ2n) is 8.90. The van der Waals surface area contributed by atoms with Crippen LogP contribution >= 0.6 is 0 Å². The van der Waals surface area contributed by atoms with Crippen LogP contribution in [0.1, 0.15) is 79.1 Å². The number of rotatable bonds is 9. The Morgan fingerprint density at radius 3 is 2.24 bits per heavy atom. The minimum Gasteiger partial charge on any atom is -0.494 e. The molecule has 1 fully saturated rings. The van der Waals surface area contributed by atoms with Gasteiger partial charge in [-0.1, -0.05) is 47.0 Å². The number of unbranched alkanes of at least 4 members (excludes halogenated alkanes) is 2. The number of anilines is 1. The van der Waals surface area contributed by atoms with E-state index in [0.717, 1.165) is 50.7 Å². The first-order chi connectivity index (χ1) is 13.9. The second-order valence-corrected chi connectivity index (χ2v) is 8.90. The summed E-state index contributed by atoms with van der Waals surface area (Å²) >= 11 is 0. The van der Waals surface area contributed by atoms with Gasteiger partial charge < -0.3 is 15.4 Å². The minimum atomic E-state index is -0.613. The summed E-state index contributed by atoms with van der Waals surface area (Å²) in [6, 6.07) is 7.25. The van der Waals surface area contributed by atoms with Gasteiger partial charge in [0.1, 0.15) is 5.75 Å². The highest BCUT2D eigenvalue weighted by atomic mass is 16.5. The number of ether oxygens (including phenoxy) is 1. The maximum absolute atomic E-state index is 12.3. The zero-order chi connectivity index (χ0) is 21.3. The smallest absolute Gasteiger partial charge is 0.313 e. The van der Waals surface area contributed by atoms with Gasteiger partial charge in [0.2, 0.25) is 0 Å². The Labute approximate surface area is 176 Å². The normalized spacial score (nSPS) is 19.4. The van der Waals surface area contributed by atoms with Gasteiger partial charge in [0.25, 0.3) is 0 Å². The zero-order valence-electron chi connectivity index (χ0n) is 18.6. The van der Waals surface area contributed by atoms with Crippen molar-refractivity contribution in [1.82, 2.24) is 5.32 Å². The van der Waals surface area contributed by atoms with Gasteiger partial charge in [0, 0.05) is 11.7 Å². The summed E-state index contributed by atoms with van der Waals surface area (Å²) < 4.78 is 5.66. The molecule has 5 heteroatoms. The Morgan fingerprint density at radius 2 is 1.66 bits per heavy atom. The van der Waals surface area contributed by atoms with E-state index < -0.39 is 11.8 Å². The van der Waals surface area contributed by atoms with Gasteiger partial charge in [-0.05, 0) is 67.7 Å². The van der Waals surface area contributed by atoms with Crippen LogP contribution in [-0.2, 0) is 9.59 Å². The third kappa shape index (κ3) is 7.37. The fourth-order valence-electron chi connectivity index (χ4n) is 3.92. The van der Waals surface area contributed by atoms with Crippen molar-refractivity contribution in [2.45, 2.75) is 85.1 Å². The maximum Gasteiger partial charge on any atom is 0.313 e. The van der Waals surface area contributed by atoms with Crippen LogP contribution in [0, 0.1) is 11.3 Å². The molecule has 0 unspecified atom stereocenters. The van der Waals surface area contributed by atoms with Crippen molar-refractivity contribution >= 4 is 17.5 Å². The van der Waals surface area contributed by atoms with Crippen LogP contribution < -0.4 is 15.4 Å². The highest BCUT2D eigenvalue weighted by molar-refractivity contribution is 6.39. The summed E-state index contributed by atoms with van der Waals surface area (Å²) in [6.45, 7) is 9.74. The van der Waals surface area contributed by atoms with Crippen LogP contribution in [0.15, 0.2) is 24.3 Å². The van der Waals surface area contributed by atoms with Crippen LogP contribution in [0.25, 0.3) is 0 Å². The molecule has 0 saturated heterocycles. The summed E-state index contributed by atoms with van der Waals surface area (Å²) in [5, 5.41) is 5.57. The lowest BCUT2D eigenvalue weighted by atomic mass is 9.69. The summed E-state index contributed by atoms with van der Waals surface area (Å²) in [5.41, 5.74) is 0.942. The monoisotopic (exact) mass is 402 g/mol. The number of amides is 2. The van der Waals surface area contributed by atoms with Gasteiger partial charge in [-0.3, -0.25) is 9.59 Å². The molecule has 2 rings (SSSR count). The number of hydrogen-bond acceptors (Lipinski definition) is 3. The van der Waals surface area contributed by atoms with Gasteiger partial charge in [-0.15, -0.1) is 0 Å². The second kappa shape index (κ2) is 11.2. The Balaban J connectivity index is 1.74. The van der Waals surface area contributed by atoms with Crippen LogP contribution in [0.2, 0.25) is 0 Å². The molecule has 2 amide bonds. The van der Waals surface area contributed by atoms with Crippen molar-refractivity contribution < 1.29 is 14.3 Å². The Morgan fingerprint density at radius 1 is 1.00 bits per heavy atom. The zero-order valence-corrected chi connectivity index (χ0v) is 18.6. The average Bonchev–Trinajstić information content (AvgIpc) is 2.72. The van der Waals surface area contributed by atoms with Gasteiger partial charge in [0.05, 0.1) is 6.61 Å². The van der Waals surface area contributed by atoms with E-state index in [4.69, 9.17) is 4.74 Å². The molecule has 162 valence electrons. The van der Waals surface area contributed by atoms with Gasteiger partial charge >= 0.3 is 11.8 Å². The molecule has 0 radical (unpaired) electrons. The molecule has 0 heterocycles. The van der Waals surface area contributed by atoms with E-state index in [1.807, 2.05) is 12.1 Å². The Kier molecular flexibility index (Phi) is 8.99. The third-order valence-electron chi connectivity index (χ3n) is 6.41. The summed E-state index contributed by atoms with van der Waals surface area (Å²) in [5.74, 6) is 0.299. The largest absolute Gasteiger partial charge is 0.494 e. The first-order valence-corrected chi connectivity index (χ1v) is 11.2. The van der Waals surface area contributed by atoms with Gasteiger partial charge in [0.15, 0.2) is 0 Å². The third-order valence-corrected chi connectivity index (χ3v) is 6.41. The Bertz CT molecular complexity index is 647. The predicted molar refractivity (Wildman–Crippen MR) is 118 cm³/mol. The highest BCUT2D eigenvalue weighted by Gasteiger charge is 2.32. The van der Waals surface area contributed by atoms with Crippen molar-refractivity contribution in [1.29, 1.82) is 0 Å². The molecule has 1 aromatic rings. The lowest BCUT2D eigenvalue weighted by Gasteiger charge is -2.39. The molecule has 0 spiro atoms. The van der Waals surface area contributed by atoms with E-state index in [1.165, 1.54) is 6.42 Å². The molecule has 0 atom stereocenters. The molecule has 0 aliphatic heterocycles. The topological polar surface area (TPSA) is 67.4 Å². The standard InChI is InChI=1S/C24H38N2O3/c1-5-7-8-17-29-21-15-13-20(14-16-21)26-23(28)22(27)25-19-11-9-18(10-12-19)24(3,4)6-2/h13-16,18-19H,5-12,17H2,1-4H3,(H,25,27)(H,26,28). The molecule has 1 saturated carbocycles. The SMILES string of the molecule is CCCCCOc1ccc(NC(=O)C(=O)NC2CCC(C(C)(C)CC)CC2)cc1. The summed E-state index contributed by atoms with van der Waals surface area (Å²) in [4.78, 5) is 24.5. The van der Waals surface area contributed by atoms with Crippen molar-refractivity contribution in [3.63, 3.8) is 0 Å². The van der Waals surface area contributed by atoms with Crippen LogP contribution in [-0.4, -0.2) is 24.5 Å². The molecule has 0 bridgehead atoms. The lowest BCUT2D eigenvalue weighted by molar-refractivity contribution is -0.136.